The van der Waals surface area contributed by atoms with Crippen molar-refractivity contribution in [3.8, 4) is 0 Å². The van der Waals surface area contributed by atoms with E-state index in [0.717, 1.165) is 19.5 Å². The number of nitrogens with one attached hydrogen (secondary N) is 1. The number of rotatable bonds is 9. The first-order chi connectivity index (χ1) is 9.10. The van der Waals surface area contributed by atoms with E-state index in [1.165, 1.54) is 0 Å². The zero-order chi connectivity index (χ0) is 14.3. The van der Waals surface area contributed by atoms with E-state index in [0.29, 0.717) is 24.6 Å². The Morgan fingerprint density at radius 1 is 1.32 bits per heavy atom. The Balaban J connectivity index is 2.69. The summed E-state index contributed by atoms with van der Waals surface area (Å²) in [5, 5.41) is 11.6. The van der Waals surface area contributed by atoms with Crippen LogP contribution < -0.4 is 10.2 Å². The topological polar surface area (TPSA) is 63.4 Å². The SMILES string of the molecule is CCCNC(C)c1nnc(N(CCOC)C(C)C)o1. The largest absolute Gasteiger partial charge is 0.406 e. The number of hydrogen-bond donors (Lipinski definition) is 1. The Morgan fingerprint density at radius 2 is 2.05 bits per heavy atom. The van der Waals surface area contributed by atoms with Crippen LogP contribution in [0.1, 0.15) is 46.0 Å². The van der Waals surface area contributed by atoms with Gasteiger partial charge in [0.05, 0.1) is 12.6 Å². The van der Waals surface area contributed by atoms with Crippen LogP contribution in [-0.4, -0.2) is 43.0 Å². The Bertz CT molecular complexity index is 354. The van der Waals surface area contributed by atoms with Gasteiger partial charge in [-0.15, -0.1) is 5.10 Å². The van der Waals surface area contributed by atoms with Crippen LogP contribution in [0.4, 0.5) is 6.01 Å². The van der Waals surface area contributed by atoms with E-state index >= 15 is 0 Å². The molecule has 0 saturated carbocycles. The summed E-state index contributed by atoms with van der Waals surface area (Å²) in [5.41, 5.74) is 0. The monoisotopic (exact) mass is 270 g/mol. The average Bonchev–Trinajstić information content (AvgIpc) is 2.85. The highest BCUT2D eigenvalue weighted by atomic mass is 16.5. The third-order valence-electron chi connectivity index (χ3n) is 2.91. The highest BCUT2D eigenvalue weighted by Crippen LogP contribution is 2.18. The van der Waals surface area contributed by atoms with Crippen molar-refractivity contribution >= 4 is 6.01 Å². The van der Waals surface area contributed by atoms with Crippen molar-refractivity contribution < 1.29 is 9.15 Å². The van der Waals surface area contributed by atoms with Gasteiger partial charge in [0.1, 0.15) is 0 Å². The fourth-order valence-corrected chi connectivity index (χ4v) is 1.73. The van der Waals surface area contributed by atoms with Crippen molar-refractivity contribution in [1.29, 1.82) is 0 Å². The van der Waals surface area contributed by atoms with Gasteiger partial charge < -0.3 is 19.4 Å². The maximum atomic E-state index is 5.75. The lowest BCUT2D eigenvalue weighted by Gasteiger charge is -2.23. The molecule has 19 heavy (non-hydrogen) atoms. The summed E-state index contributed by atoms with van der Waals surface area (Å²) in [6.45, 7) is 10.7. The van der Waals surface area contributed by atoms with Crippen molar-refractivity contribution in [2.45, 2.75) is 46.2 Å². The molecule has 1 aromatic heterocycles. The minimum Gasteiger partial charge on any atom is -0.406 e. The maximum absolute atomic E-state index is 5.75. The molecule has 1 unspecified atom stereocenters. The second-order valence-electron chi connectivity index (χ2n) is 4.88. The van der Waals surface area contributed by atoms with Crippen LogP contribution in [0.3, 0.4) is 0 Å². The molecule has 0 saturated heterocycles. The van der Waals surface area contributed by atoms with Gasteiger partial charge in [0.25, 0.3) is 0 Å². The van der Waals surface area contributed by atoms with Gasteiger partial charge in [0.2, 0.25) is 5.89 Å². The first-order valence-electron chi connectivity index (χ1n) is 6.92. The van der Waals surface area contributed by atoms with E-state index in [1.807, 2.05) is 11.8 Å². The third kappa shape index (κ3) is 4.80. The van der Waals surface area contributed by atoms with E-state index in [-0.39, 0.29) is 6.04 Å². The van der Waals surface area contributed by atoms with Crippen molar-refractivity contribution in [3.05, 3.63) is 5.89 Å². The van der Waals surface area contributed by atoms with E-state index in [2.05, 4.69) is 36.3 Å². The van der Waals surface area contributed by atoms with E-state index in [9.17, 15) is 0 Å². The highest BCUT2D eigenvalue weighted by Gasteiger charge is 2.19. The molecule has 1 rings (SSSR count). The number of methoxy groups -OCH3 is 1. The first-order valence-corrected chi connectivity index (χ1v) is 6.92. The molecular formula is C13H26N4O2. The number of anilines is 1. The van der Waals surface area contributed by atoms with Gasteiger partial charge in [0, 0.05) is 19.7 Å². The molecule has 0 spiro atoms. The maximum Gasteiger partial charge on any atom is 0.318 e. The molecule has 1 heterocycles. The predicted molar refractivity (Wildman–Crippen MR) is 75.4 cm³/mol. The minimum atomic E-state index is 0.0811. The predicted octanol–water partition coefficient (Wildman–Crippen LogP) is 1.99. The van der Waals surface area contributed by atoms with Crippen LogP contribution in [0.5, 0.6) is 0 Å². The molecule has 6 heteroatoms. The van der Waals surface area contributed by atoms with Gasteiger partial charge in [-0.05, 0) is 33.7 Å². The van der Waals surface area contributed by atoms with Crippen LogP contribution in [0.15, 0.2) is 4.42 Å². The Kier molecular flexibility index (Phi) is 6.80. The smallest absolute Gasteiger partial charge is 0.318 e. The summed E-state index contributed by atoms with van der Waals surface area (Å²) in [4.78, 5) is 2.05. The van der Waals surface area contributed by atoms with Crippen molar-refractivity contribution in [2.24, 2.45) is 0 Å². The molecule has 0 fully saturated rings. The molecule has 0 aliphatic heterocycles. The first kappa shape index (κ1) is 15.9. The van der Waals surface area contributed by atoms with Gasteiger partial charge in [0.15, 0.2) is 0 Å². The molecule has 0 amide bonds. The Labute approximate surface area is 115 Å². The summed E-state index contributed by atoms with van der Waals surface area (Å²) in [7, 11) is 1.69. The molecule has 1 aromatic rings. The Morgan fingerprint density at radius 3 is 2.63 bits per heavy atom. The van der Waals surface area contributed by atoms with Gasteiger partial charge in [-0.25, -0.2) is 0 Å². The minimum absolute atomic E-state index is 0.0811. The van der Waals surface area contributed by atoms with Gasteiger partial charge in [-0.2, -0.15) is 0 Å². The van der Waals surface area contributed by atoms with Crippen LogP contribution in [-0.2, 0) is 4.74 Å². The summed E-state index contributed by atoms with van der Waals surface area (Å²) in [6, 6.07) is 0.937. The second kappa shape index (κ2) is 8.12. The normalized spacial score (nSPS) is 12.9. The number of nitrogens with zero attached hydrogens (tertiary/aromatic N) is 3. The highest BCUT2D eigenvalue weighted by molar-refractivity contribution is 5.25. The van der Waals surface area contributed by atoms with Crippen LogP contribution >= 0.6 is 0 Å². The van der Waals surface area contributed by atoms with Gasteiger partial charge >= 0.3 is 6.01 Å². The summed E-state index contributed by atoms with van der Waals surface area (Å²) >= 11 is 0. The molecule has 1 atom stereocenters. The zero-order valence-corrected chi connectivity index (χ0v) is 12.6. The fraction of sp³-hybridized carbons (Fsp3) is 0.846. The molecule has 0 radical (unpaired) electrons. The van der Waals surface area contributed by atoms with Gasteiger partial charge in [-0.1, -0.05) is 12.0 Å². The average molecular weight is 270 g/mol. The van der Waals surface area contributed by atoms with Crippen molar-refractivity contribution in [1.82, 2.24) is 15.5 Å². The molecule has 0 aliphatic rings. The van der Waals surface area contributed by atoms with Crippen LogP contribution in [0, 0.1) is 0 Å². The molecule has 0 aliphatic carbocycles. The zero-order valence-electron chi connectivity index (χ0n) is 12.6. The quantitative estimate of drug-likeness (QED) is 0.740. The van der Waals surface area contributed by atoms with Crippen LogP contribution in [0.2, 0.25) is 0 Å². The summed E-state index contributed by atoms with van der Waals surface area (Å²) in [5.74, 6) is 0.631. The molecule has 1 N–H and O–H groups in total. The van der Waals surface area contributed by atoms with Crippen molar-refractivity contribution in [3.63, 3.8) is 0 Å². The molecule has 0 bridgehead atoms. The van der Waals surface area contributed by atoms with E-state index < -0.39 is 0 Å². The lowest BCUT2D eigenvalue weighted by Crippen LogP contribution is -2.34. The van der Waals surface area contributed by atoms with Crippen molar-refractivity contribution in [2.75, 3.05) is 31.7 Å². The lowest BCUT2D eigenvalue weighted by atomic mass is 10.3. The lowest BCUT2D eigenvalue weighted by molar-refractivity contribution is 0.202. The summed E-state index contributed by atoms with van der Waals surface area (Å²) < 4.78 is 10.9. The number of ether oxygens (including phenoxy) is 1. The standard InChI is InChI=1S/C13H26N4O2/c1-6-7-14-11(4)12-15-16-13(19-12)17(10(2)3)8-9-18-5/h10-11,14H,6-9H2,1-5H3. The third-order valence-corrected chi connectivity index (χ3v) is 2.91. The molecule has 6 nitrogen and oxygen atoms in total. The fourth-order valence-electron chi connectivity index (χ4n) is 1.73. The van der Waals surface area contributed by atoms with Gasteiger partial charge in [-0.3, -0.25) is 0 Å². The Hall–Kier alpha value is -1.14. The van der Waals surface area contributed by atoms with E-state index in [1.54, 1.807) is 7.11 Å². The molecule has 0 aromatic carbocycles. The second-order valence-corrected chi connectivity index (χ2v) is 4.88. The summed E-state index contributed by atoms with van der Waals surface area (Å²) in [6.07, 6.45) is 1.08. The molecular weight excluding hydrogens is 244 g/mol. The molecule has 110 valence electrons. The number of hydrogen-bond acceptors (Lipinski definition) is 6. The number of aromatic nitrogens is 2. The van der Waals surface area contributed by atoms with E-state index in [4.69, 9.17) is 9.15 Å². The van der Waals surface area contributed by atoms with Crippen LogP contribution in [0.25, 0.3) is 0 Å².